The number of hydrazine groups is 1. The lowest BCUT2D eigenvalue weighted by atomic mass is 10.0. The van der Waals surface area contributed by atoms with Crippen molar-refractivity contribution in [2.75, 3.05) is 14.2 Å². The van der Waals surface area contributed by atoms with Gasteiger partial charge in [-0.15, -0.1) is 0 Å². The number of methoxy groups -OCH3 is 2. The van der Waals surface area contributed by atoms with Gasteiger partial charge in [0.15, 0.2) is 11.5 Å². The van der Waals surface area contributed by atoms with E-state index in [-0.39, 0.29) is 36.9 Å². The van der Waals surface area contributed by atoms with Gasteiger partial charge in [-0.2, -0.15) is 13.2 Å². The standard InChI is InChI=1S/C24H26F3N3O5/c1-15(17-8-10-19(34-2)20(14-17)35-3)28-23(33)18-7-5-4-6-16(18)9-11-21(31)29-30-22(32)12-13-24(25,26)27/h4-8,10,12-15H,9,11H2,1-3H3,(H,28,33)(H,29,31)(H,30,32)/b13-12+/t15-/m1/s1. The van der Waals surface area contributed by atoms with Crippen molar-refractivity contribution in [2.45, 2.75) is 32.0 Å². The van der Waals surface area contributed by atoms with Crippen LogP contribution in [0.4, 0.5) is 13.2 Å². The van der Waals surface area contributed by atoms with Crippen molar-refractivity contribution >= 4 is 17.7 Å². The normalized spacial score (nSPS) is 12.1. The summed E-state index contributed by atoms with van der Waals surface area (Å²) < 4.78 is 46.7. The van der Waals surface area contributed by atoms with Crippen LogP contribution in [0.1, 0.15) is 40.9 Å². The van der Waals surface area contributed by atoms with Gasteiger partial charge in [0.2, 0.25) is 5.91 Å². The highest BCUT2D eigenvalue weighted by molar-refractivity contribution is 5.96. The SMILES string of the molecule is COc1ccc([C@@H](C)NC(=O)c2ccccc2CCC(=O)NNC(=O)/C=C/C(F)(F)F)cc1OC. The fourth-order valence-corrected chi connectivity index (χ4v) is 3.09. The second-order valence-corrected chi connectivity index (χ2v) is 7.38. The Bertz CT molecular complexity index is 1090. The molecule has 0 spiro atoms. The molecule has 2 rings (SSSR count). The second kappa shape index (κ2) is 12.4. The Morgan fingerprint density at radius 1 is 1.00 bits per heavy atom. The molecule has 0 aromatic heterocycles. The fourth-order valence-electron chi connectivity index (χ4n) is 3.09. The minimum Gasteiger partial charge on any atom is -0.493 e. The summed E-state index contributed by atoms with van der Waals surface area (Å²) in [6.45, 7) is 1.81. The van der Waals surface area contributed by atoms with Gasteiger partial charge in [-0.25, -0.2) is 0 Å². The van der Waals surface area contributed by atoms with Crippen molar-refractivity contribution < 1.29 is 37.0 Å². The Kier molecular flexibility index (Phi) is 9.68. The van der Waals surface area contributed by atoms with E-state index in [1.54, 1.807) is 42.5 Å². The van der Waals surface area contributed by atoms with Crippen LogP contribution in [0.15, 0.2) is 54.6 Å². The number of hydrogen-bond acceptors (Lipinski definition) is 5. The number of halogens is 3. The van der Waals surface area contributed by atoms with Gasteiger partial charge in [-0.05, 0) is 42.7 Å². The third-order valence-corrected chi connectivity index (χ3v) is 4.89. The molecule has 0 saturated carbocycles. The summed E-state index contributed by atoms with van der Waals surface area (Å²) >= 11 is 0. The zero-order chi connectivity index (χ0) is 26.0. The van der Waals surface area contributed by atoms with Crippen LogP contribution in [0.2, 0.25) is 0 Å². The zero-order valence-electron chi connectivity index (χ0n) is 19.4. The van der Waals surface area contributed by atoms with Gasteiger partial charge in [0, 0.05) is 24.1 Å². The Balaban J connectivity index is 1.97. The van der Waals surface area contributed by atoms with Gasteiger partial charge in [-0.3, -0.25) is 25.2 Å². The highest BCUT2D eigenvalue weighted by Crippen LogP contribution is 2.30. The number of carbonyl (C=O) groups is 3. The van der Waals surface area contributed by atoms with Crippen molar-refractivity contribution in [1.29, 1.82) is 0 Å². The zero-order valence-corrected chi connectivity index (χ0v) is 19.4. The molecule has 0 fully saturated rings. The van der Waals surface area contributed by atoms with Crippen LogP contribution in [0.25, 0.3) is 0 Å². The predicted octanol–water partition coefficient (Wildman–Crippen LogP) is 3.39. The molecule has 3 N–H and O–H groups in total. The molecule has 0 saturated heterocycles. The van der Waals surface area contributed by atoms with Crippen LogP contribution in [0.5, 0.6) is 11.5 Å². The summed E-state index contributed by atoms with van der Waals surface area (Å²) in [6.07, 6.45) is -4.57. The lowest BCUT2D eigenvalue weighted by Gasteiger charge is -2.18. The number of rotatable bonds is 9. The van der Waals surface area contributed by atoms with E-state index in [0.717, 1.165) is 5.56 Å². The molecule has 188 valence electrons. The van der Waals surface area contributed by atoms with E-state index in [0.29, 0.717) is 22.6 Å². The van der Waals surface area contributed by atoms with Crippen molar-refractivity contribution in [1.82, 2.24) is 16.2 Å². The van der Waals surface area contributed by atoms with E-state index in [2.05, 4.69) is 5.32 Å². The van der Waals surface area contributed by atoms with Crippen molar-refractivity contribution in [3.8, 4) is 11.5 Å². The van der Waals surface area contributed by atoms with Crippen molar-refractivity contribution in [3.63, 3.8) is 0 Å². The molecule has 8 nitrogen and oxygen atoms in total. The maximum absolute atomic E-state index is 12.9. The first-order valence-electron chi connectivity index (χ1n) is 10.5. The summed E-state index contributed by atoms with van der Waals surface area (Å²) in [4.78, 5) is 36.2. The van der Waals surface area contributed by atoms with Crippen molar-refractivity contribution in [2.24, 2.45) is 0 Å². The fraction of sp³-hybridized carbons (Fsp3) is 0.292. The number of benzene rings is 2. The van der Waals surface area contributed by atoms with Crippen LogP contribution in [0, 0.1) is 0 Å². The highest BCUT2D eigenvalue weighted by atomic mass is 19.4. The number of allylic oxidation sites excluding steroid dienone is 1. The number of alkyl halides is 3. The topological polar surface area (TPSA) is 106 Å². The van der Waals surface area contributed by atoms with Gasteiger partial charge < -0.3 is 14.8 Å². The maximum Gasteiger partial charge on any atom is 0.409 e. The molecule has 1 atom stereocenters. The van der Waals surface area contributed by atoms with E-state index in [4.69, 9.17) is 9.47 Å². The average molecular weight is 493 g/mol. The molecule has 0 bridgehead atoms. The van der Waals surface area contributed by atoms with Crippen LogP contribution in [0.3, 0.4) is 0 Å². The summed E-state index contributed by atoms with van der Waals surface area (Å²) in [5.41, 5.74) is 5.64. The Morgan fingerprint density at radius 3 is 2.34 bits per heavy atom. The number of nitrogens with one attached hydrogen (secondary N) is 3. The average Bonchev–Trinajstić information content (AvgIpc) is 2.84. The van der Waals surface area contributed by atoms with E-state index in [1.165, 1.54) is 14.2 Å². The quantitative estimate of drug-likeness (QED) is 0.367. The van der Waals surface area contributed by atoms with Crippen LogP contribution < -0.4 is 25.6 Å². The number of ether oxygens (including phenoxy) is 2. The third-order valence-electron chi connectivity index (χ3n) is 4.89. The minimum absolute atomic E-state index is 0.112. The molecule has 2 aromatic rings. The Hall–Kier alpha value is -4.02. The molecule has 0 unspecified atom stereocenters. The summed E-state index contributed by atoms with van der Waals surface area (Å²) in [5, 5.41) is 2.90. The van der Waals surface area contributed by atoms with E-state index in [1.807, 2.05) is 17.8 Å². The molecule has 2 aromatic carbocycles. The summed E-state index contributed by atoms with van der Waals surface area (Å²) in [5.74, 6) is -1.02. The molecule has 0 aliphatic carbocycles. The third kappa shape index (κ3) is 8.69. The van der Waals surface area contributed by atoms with Gasteiger partial charge in [-0.1, -0.05) is 24.3 Å². The number of amides is 3. The molecule has 0 radical (unpaired) electrons. The van der Waals surface area contributed by atoms with Crippen LogP contribution in [-0.4, -0.2) is 38.1 Å². The largest absolute Gasteiger partial charge is 0.493 e. The first kappa shape index (κ1) is 27.2. The number of carbonyl (C=O) groups excluding carboxylic acids is 3. The number of aryl methyl sites for hydroxylation is 1. The van der Waals surface area contributed by atoms with E-state index >= 15 is 0 Å². The van der Waals surface area contributed by atoms with Crippen LogP contribution in [-0.2, 0) is 16.0 Å². The highest BCUT2D eigenvalue weighted by Gasteiger charge is 2.22. The monoisotopic (exact) mass is 493 g/mol. The van der Waals surface area contributed by atoms with Crippen LogP contribution >= 0.6 is 0 Å². The Morgan fingerprint density at radius 2 is 1.69 bits per heavy atom. The Labute approximate surface area is 200 Å². The molecule has 11 heteroatoms. The molecule has 0 heterocycles. The summed E-state index contributed by atoms with van der Waals surface area (Å²) in [7, 11) is 3.04. The summed E-state index contributed by atoms with van der Waals surface area (Å²) in [6, 6.07) is 11.7. The molecule has 0 aliphatic rings. The molecule has 35 heavy (non-hydrogen) atoms. The second-order valence-electron chi connectivity index (χ2n) is 7.38. The maximum atomic E-state index is 12.9. The smallest absolute Gasteiger partial charge is 0.409 e. The van der Waals surface area contributed by atoms with Gasteiger partial charge >= 0.3 is 6.18 Å². The van der Waals surface area contributed by atoms with Gasteiger partial charge in [0.05, 0.1) is 20.3 Å². The van der Waals surface area contributed by atoms with Gasteiger partial charge in [0.25, 0.3) is 11.8 Å². The van der Waals surface area contributed by atoms with E-state index < -0.39 is 18.0 Å². The van der Waals surface area contributed by atoms with Crippen molar-refractivity contribution in [3.05, 3.63) is 71.3 Å². The lowest BCUT2D eigenvalue weighted by Crippen LogP contribution is -2.41. The lowest BCUT2D eigenvalue weighted by molar-refractivity contribution is -0.126. The predicted molar refractivity (Wildman–Crippen MR) is 122 cm³/mol. The number of hydrogen-bond donors (Lipinski definition) is 3. The van der Waals surface area contributed by atoms with Gasteiger partial charge in [0.1, 0.15) is 0 Å². The molecular weight excluding hydrogens is 467 g/mol. The minimum atomic E-state index is -4.64. The van der Waals surface area contributed by atoms with E-state index in [9.17, 15) is 27.6 Å². The molecule has 3 amide bonds. The molecular formula is C24H26F3N3O5. The first-order chi connectivity index (χ1) is 16.5. The first-order valence-corrected chi connectivity index (χ1v) is 10.5. The molecule has 0 aliphatic heterocycles.